The van der Waals surface area contributed by atoms with Crippen molar-refractivity contribution in [1.29, 1.82) is 0 Å². The van der Waals surface area contributed by atoms with Crippen molar-refractivity contribution in [2.45, 2.75) is 50.5 Å². The molecule has 0 aliphatic carbocycles. The number of hydrogen-bond donors (Lipinski definition) is 1. The van der Waals surface area contributed by atoms with Crippen molar-refractivity contribution in [3.8, 4) is 0 Å². The van der Waals surface area contributed by atoms with Crippen LogP contribution >= 0.6 is 0 Å². The summed E-state index contributed by atoms with van der Waals surface area (Å²) in [4.78, 5) is 0. The fourth-order valence-electron chi connectivity index (χ4n) is 2.77. The third-order valence-electron chi connectivity index (χ3n) is 4.02. The van der Waals surface area contributed by atoms with Gasteiger partial charge in [-0.2, -0.15) is 0 Å². The van der Waals surface area contributed by atoms with E-state index in [-0.39, 0.29) is 0 Å². The fourth-order valence-corrected chi connectivity index (χ4v) is 4.91. The summed E-state index contributed by atoms with van der Waals surface area (Å²) in [6.07, 6.45) is 6.96. The number of rotatable bonds is 6. The Morgan fingerprint density at radius 2 is 1.86 bits per heavy atom. The zero-order chi connectivity index (χ0) is 15.7. The monoisotopic (exact) mass is 335 g/mol. The molecule has 1 aliphatic heterocycles. The van der Waals surface area contributed by atoms with Crippen molar-refractivity contribution >= 4 is 19.8 Å². The largest absolute Gasteiger partial charge is 0.435 e. The average molecular weight is 336 g/mol. The van der Waals surface area contributed by atoms with Gasteiger partial charge < -0.3 is 13.3 Å². The Kier molecular flexibility index (Phi) is 7.78. The lowest BCUT2D eigenvalue weighted by molar-refractivity contribution is 0.0498. The van der Waals surface area contributed by atoms with Gasteiger partial charge in [0.15, 0.2) is 5.35 Å². The van der Waals surface area contributed by atoms with Crippen LogP contribution < -0.4 is 5.32 Å². The highest BCUT2D eigenvalue weighted by molar-refractivity contribution is 6.48. The zero-order valence-electron chi connectivity index (χ0n) is 13.3. The van der Waals surface area contributed by atoms with Crippen LogP contribution in [0.1, 0.15) is 44.1 Å². The van der Waals surface area contributed by atoms with E-state index in [1.165, 1.54) is 19.3 Å². The first-order valence-electron chi connectivity index (χ1n) is 7.98. The number of benzene rings is 1. The van der Waals surface area contributed by atoms with Crippen molar-refractivity contribution < 1.29 is 13.3 Å². The van der Waals surface area contributed by atoms with Crippen LogP contribution in [0.25, 0.3) is 0 Å². The third-order valence-corrected chi connectivity index (χ3v) is 6.54. The van der Waals surface area contributed by atoms with E-state index >= 15 is 0 Å². The molecule has 1 fully saturated rings. The van der Waals surface area contributed by atoms with Crippen molar-refractivity contribution in [3.05, 3.63) is 35.9 Å². The standard InChI is InChI=1S/C16H25NO3Si2/c1-18-22(19-14-15-10-6-5-7-11-15)16(20-21)12-8-3-2-4-9-13-17-16/h5-7,10-11,17H,2-4,8-9,12-14H2,1H3. The van der Waals surface area contributed by atoms with Gasteiger partial charge in [0, 0.05) is 7.11 Å². The van der Waals surface area contributed by atoms with Crippen molar-refractivity contribution in [3.63, 3.8) is 0 Å². The van der Waals surface area contributed by atoms with Gasteiger partial charge in [-0.15, -0.1) is 0 Å². The zero-order valence-corrected chi connectivity index (χ0v) is 15.3. The van der Waals surface area contributed by atoms with Gasteiger partial charge in [-0.3, -0.25) is 5.32 Å². The van der Waals surface area contributed by atoms with Crippen LogP contribution in [0.2, 0.25) is 0 Å². The molecule has 0 spiro atoms. The van der Waals surface area contributed by atoms with Gasteiger partial charge in [-0.25, -0.2) is 0 Å². The maximum absolute atomic E-state index is 6.11. The predicted octanol–water partition coefficient (Wildman–Crippen LogP) is 2.62. The highest BCUT2D eigenvalue weighted by Gasteiger charge is 2.44. The Balaban J connectivity index is 2.02. The second-order valence-electron chi connectivity index (χ2n) is 5.64. The molecule has 0 amide bonds. The number of nitrogens with one attached hydrogen (secondary N) is 1. The molecular formula is C16H25NO3Si2. The van der Waals surface area contributed by atoms with E-state index in [4.69, 9.17) is 13.3 Å². The highest BCUT2D eigenvalue weighted by Crippen LogP contribution is 2.24. The van der Waals surface area contributed by atoms with Crippen LogP contribution in [0.15, 0.2) is 30.3 Å². The van der Waals surface area contributed by atoms with E-state index in [0.29, 0.717) is 6.61 Å². The molecule has 4 radical (unpaired) electrons. The van der Waals surface area contributed by atoms with E-state index in [1.807, 2.05) is 18.2 Å². The molecule has 4 nitrogen and oxygen atoms in total. The summed E-state index contributed by atoms with van der Waals surface area (Å²) in [5.74, 6) is 0. The molecule has 0 bridgehead atoms. The minimum atomic E-state index is -1.63. The van der Waals surface area contributed by atoms with Crippen LogP contribution in [-0.2, 0) is 19.9 Å². The Hall–Kier alpha value is -0.506. The molecule has 1 heterocycles. The lowest BCUT2D eigenvalue weighted by Crippen LogP contribution is -2.61. The van der Waals surface area contributed by atoms with Crippen molar-refractivity contribution in [2.24, 2.45) is 0 Å². The lowest BCUT2D eigenvalue weighted by atomic mass is 10.1. The smallest absolute Gasteiger partial charge is 0.400 e. The maximum Gasteiger partial charge on any atom is 0.435 e. The van der Waals surface area contributed by atoms with Crippen molar-refractivity contribution in [1.82, 2.24) is 5.32 Å². The van der Waals surface area contributed by atoms with E-state index in [1.54, 1.807) is 7.11 Å². The molecule has 1 aromatic carbocycles. The summed E-state index contributed by atoms with van der Waals surface area (Å²) in [6.45, 7) is 1.47. The summed E-state index contributed by atoms with van der Waals surface area (Å²) in [5.41, 5.74) is 1.15. The van der Waals surface area contributed by atoms with Gasteiger partial charge in [0.1, 0.15) is 0 Å². The maximum atomic E-state index is 6.11. The number of hydrogen-bond acceptors (Lipinski definition) is 4. The van der Waals surface area contributed by atoms with E-state index in [0.717, 1.165) is 31.4 Å². The van der Waals surface area contributed by atoms with Gasteiger partial charge in [-0.05, 0) is 31.4 Å². The van der Waals surface area contributed by atoms with Gasteiger partial charge in [0.25, 0.3) is 0 Å². The Labute approximate surface area is 138 Å². The molecule has 6 heteroatoms. The Morgan fingerprint density at radius 3 is 2.59 bits per heavy atom. The fraction of sp³-hybridized carbons (Fsp3) is 0.625. The SMILES string of the molecule is CO[Si](OCc1ccccc1)C1(O[Si])CCCCCCCN1. The quantitative estimate of drug-likeness (QED) is 0.811. The van der Waals surface area contributed by atoms with Crippen LogP contribution in [-0.4, -0.2) is 38.8 Å². The topological polar surface area (TPSA) is 39.7 Å². The highest BCUT2D eigenvalue weighted by atomic mass is 28.3. The predicted molar refractivity (Wildman–Crippen MR) is 89.3 cm³/mol. The molecule has 1 aromatic rings. The molecule has 2 rings (SSSR count). The summed E-state index contributed by atoms with van der Waals surface area (Å²) < 4.78 is 17.5. The first-order valence-corrected chi connectivity index (χ1v) is 9.71. The summed E-state index contributed by atoms with van der Waals surface area (Å²) >= 11 is 0. The first kappa shape index (κ1) is 17.8. The minimum Gasteiger partial charge on any atom is -0.400 e. The summed E-state index contributed by atoms with van der Waals surface area (Å²) in [6, 6.07) is 10.2. The molecule has 1 aliphatic rings. The van der Waals surface area contributed by atoms with Crippen LogP contribution in [0.4, 0.5) is 0 Å². The molecule has 0 saturated carbocycles. The van der Waals surface area contributed by atoms with Gasteiger partial charge in [0.05, 0.1) is 6.61 Å². The second-order valence-corrected chi connectivity index (χ2v) is 7.92. The normalized spacial score (nSPS) is 23.8. The molecule has 120 valence electrons. The average Bonchev–Trinajstić information content (AvgIpc) is 2.69. The molecule has 1 unspecified atom stereocenters. The Bertz CT molecular complexity index is 409. The van der Waals surface area contributed by atoms with E-state index in [2.05, 4.69) is 27.9 Å². The Morgan fingerprint density at radius 1 is 1.14 bits per heavy atom. The van der Waals surface area contributed by atoms with Crippen LogP contribution in [0, 0.1) is 0 Å². The molecule has 22 heavy (non-hydrogen) atoms. The summed E-state index contributed by atoms with van der Waals surface area (Å²) in [5, 5.41) is 2.99. The lowest BCUT2D eigenvalue weighted by Gasteiger charge is -2.36. The molecular weight excluding hydrogens is 310 g/mol. The third kappa shape index (κ3) is 5.01. The molecule has 1 N–H and O–H groups in total. The molecule has 1 saturated heterocycles. The molecule has 0 aromatic heterocycles. The van der Waals surface area contributed by atoms with Gasteiger partial charge in [-0.1, -0.05) is 49.6 Å². The molecule has 1 atom stereocenters. The second kappa shape index (κ2) is 9.59. The first-order chi connectivity index (χ1) is 10.8. The van der Waals surface area contributed by atoms with Crippen LogP contribution in [0.5, 0.6) is 0 Å². The van der Waals surface area contributed by atoms with Crippen LogP contribution in [0.3, 0.4) is 0 Å². The van der Waals surface area contributed by atoms with Gasteiger partial charge in [0.2, 0.25) is 10.5 Å². The van der Waals surface area contributed by atoms with E-state index < -0.39 is 14.6 Å². The minimum absolute atomic E-state index is 0.544. The van der Waals surface area contributed by atoms with E-state index in [9.17, 15) is 0 Å². The van der Waals surface area contributed by atoms with Gasteiger partial charge >= 0.3 is 9.28 Å². The summed E-state index contributed by atoms with van der Waals surface area (Å²) in [7, 11) is 3.36. The van der Waals surface area contributed by atoms with Crippen molar-refractivity contribution in [2.75, 3.05) is 13.7 Å².